The third kappa shape index (κ3) is 5.16. The molecule has 0 fully saturated rings. The van der Waals surface area contributed by atoms with E-state index in [9.17, 15) is 9.59 Å². The Bertz CT molecular complexity index is 761. The fourth-order valence-electron chi connectivity index (χ4n) is 2.02. The average Bonchev–Trinajstić information content (AvgIpc) is 3.12. The Kier molecular flexibility index (Phi) is 6.89. The lowest BCUT2D eigenvalue weighted by Crippen LogP contribution is -2.30. The van der Waals surface area contributed by atoms with Crippen LogP contribution in [0, 0.1) is 0 Å². The summed E-state index contributed by atoms with van der Waals surface area (Å²) < 4.78 is 15.3. The molecular formula is C16H21N5O5. The van der Waals surface area contributed by atoms with Crippen LogP contribution in [0.5, 0.6) is 11.5 Å². The molecule has 1 aromatic carbocycles. The van der Waals surface area contributed by atoms with E-state index in [2.05, 4.69) is 20.7 Å². The van der Waals surface area contributed by atoms with E-state index in [1.165, 1.54) is 7.11 Å². The topological polar surface area (TPSA) is 117 Å². The van der Waals surface area contributed by atoms with Crippen LogP contribution in [0.25, 0.3) is 11.4 Å². The van der Waals surface area contributed by atoms with Crippen LogP contribution in [0.1, 0.15) is 13.3 Å². The van der Waals surface area contributed by atoms with Crippen LogP contribution in [0.3, 0.4) is 0 Å². The van der Waals surface area contributed by atoms with Gasteiger partial charge in [-0.15, -0.1) is 10.2 Å². The molecule has 10 nitrogen and oxygen atoms in total. The molecule has 1 amide bonds. The number of ether oxygens (including phenoxy) is 3. The lowest BCUT2D eigenvalue weighted by atomic mass is 10.2. The summed E-state index contributed by atoms with van der Waals surface area (Å²) in [5.41, 5.74) is 0.654. The van der Waals surface area contributed by atoms with Crippen LogP contribution in [0.2, 0.25) is 0 Å². The average molecular weight is 363 g/mol. The maximum absolute atomic E-state index is 11.8. The molecule has 2 rings (SSSR count). The van der Waals surface area contributed by atoms with E-state index in [1.807, 2.05) is 6.92 Å². The molecule has 0 radical (unpaired) electrons. The summed E-state index contributed by atoms with van der Waals surface area (Å²) in [6.07, 6.45) is 0.807. The molecule has 0 atom stereocenters. The molecule has 1 N–H and O–H groups in total. The second-order valence-corrected chi connectivity index (χ2v) is 5.22. The Morgan fingerprint density at radius 3 is 2.65 bits per heavy atom. The van der Waals surface area contributed by atoms with Crippen LogP contribution in [0.15, 0.2) is 18.2 Å². The van der Waals surface area contributed by atoms with E-state index >= 15 is 0 Å². The predicted octanol–water partition coefficient (Wildman–Crippen LogP) is 0.427. The van der Waals surface area contributed by atoms with Crippen molar-refractivity contribution in [1.82, 2.24) is 25.5 Å². The van der Waals surface area contributed by atoms with Crippen molar-refractivity contribution in [3.05, 3.63) is 18.2 Å². The van der Waals surface area contributed by atoms with E-state index < -0.39 is 5.97 Å². The second kappa shape index (κ2) is 9.35. The van der Waals surface area contributed by atoms with Gasteiger partial charge in [-0.05, 0) is 29.8 Å². The molecule has 0 bridgehead atoms. The monoisotopic (exact) mass is 363 g/mol. The molecular weight excluding hydrogens is 342 g/mol. The standard InChI is InChI=1S/C16H21N5O5/c1-4-7-17-14(22)10-26-15(23)9-21-19-16(18-20-21)11-5-6-12(24-2)13(8-11)25-3/h5-6,8H,4,7,9-10H2,1-3H3,(H,17,22). The Balaban J connectivity index is 1.95. The van der Waals surface area contributed by atoms with Gasteiger partial charge in [0.05, 0.1) is 14.2 Å². The first-order valence-corrected chi connectivity index (χ1v) is 8.00. The number of rotatable bonds is 9. The molecule has 10 heteroatoms. The summed E-state index contributed by atoms with van der Waals surface area (Å²) in [5, 5.41) is 14.4. The fourth-order valence-corrected chi connectivity index (χ4v) is 2.02. The van der Waals surface area contributed by atoms with Gasteiger partial charge in [-0.1, -0.05) is 6.92 Å². The van der Waals surface area contributed by atoms with Gasteiger partial charge in [0.25, 0.3) is 5.91 Å². The van der Waals surface area contributed by atoms with E-state index in [-0.39, 0.29) is 19.1 Å². The lowest BCUT2D eigenvalue weighted by molar-refractivity contribution is -0.149. The van der Waals surface area contributed by atoms with Gasteiger partial charge in [0.1, 0.15) is 0 Å². The third-order valence-electron chi connectivity index (χ3n) is 3.30. The third-order valence-corrected chi connectivity index (χ3v) is 3.30. The Morgan fingerprint density at radius 2 is 1.96 bits per heavy atom. The van der Waals surface area contributed by atoms with Gasteiger partial charge in [0.2, 0.25) is 5.82 Å². The van der Waals surface area contributed by atoms with E-state index in [4.69, 9.17) is 14.2 Å². The van der Waals surface area contributed by atoms with Gasteiger partial charge in [0.15, 0.2) is 24.7 Å². The summed E-state index contributed by atoms with van der Waals surface area (Å²) in [6, 6.07) is 5.17. The molecule has 1 aromatic heterocycles. The van der Waals surface area contributed by atoms with Crippen molar-refractivity contribution < 1.29 is 23.8 Å². The van der Waals surface area contributed by atoms with Gasteiger partial charge >= 0.3 is 5.97 Å². The van der Waals surface area contributed by atoms with Crippen LogP contribution in [-0.2, 0) is 20.9 Å². The summed E-state index contributed by atoms with van der Waals surface area (Å²) in [6.45, 7) is 1.88. The fraction of sp³-hybridized carbons (Fsp3) is 0.438. The van der Waals surface area contributed by atoms with E-state index in [1.54, 1.807) is 25.3 Å². The highest BCUT2D eigenvalue weighted by Crippen LogP contribution is 2.30. The molecule has 140 valence electrons. The maximum atomic E-state index is 11.8. The van der Waals surface area contributed by atoms with Crippen molar-refractivity contribution in [1.29, 1.82) is 0 Å². The molecule has 26 heavy (non-hydrogen) atoms. The van der Waals surface area contributed by atoms with E-state index in [0.717, 1.165) is 11.2 Å². The van der Waals surface area contributed by atoms with Crippen LogP contribution >= 0.6 is 0 Å². The normalized spacial score (nSPS) is 10.3. The number of nitrogens with one attached hydrogen (secondary N) is 1. The summed E-state index contributed by atoms with van der Waals surface area (Å²) in [5.74, 6) is 0.442. The molecule has 0 unspecified atom stereocenters. The first-order chi connectivity index (χ1) is 12.6. The number of hydrogen-bond donors (Lipinski definition) is 1. The van der Waals surface area contributed by atoms with E-state index in [0.29, 0.717) is 29.4 Å². The van der Waals surface area contributed by atoms with Crippen LogP contribution in [-0.4, -0.2) is 59.5 Å². The SMILES string of the molecule is CCCNC(=O)COC(=O)Cn1nnc(-c2ccc(OC)c(OC)c2)n1. The molecule has 0 spiro atoms. The van der Waals surface area contributed by atoms with Gasteiger partial charge in [0, 0.05) is 12.1 Å². The number of methoxy groups -OCH3 is 2. The van der Waals surface area contributed by atoms with Crippen molar-refractivity contribution in [2.75, 3.05) is 27.4 Å². The minimum atomic E-state index is -0.632. The molecule has 0 saturated heterocycles. The summed E-state index contributed by atoms with van der Waals surface area (Å²) >= 11 is 0. The highest BCUT2D eigenvalue weighted by atomic mass is 16.5. The van der Waals surface area contributed by atoms with Crippen molar-refractivity contribution >= 4 is 11.9 Å². The molecule has 0 aliphatic carbocycles. The van der Waals surface area contributed by atoms with Crippen LogP contribution < -0.4 is 14.8 Å². The number of carbonyl (C=O) groups excluding carboxylic acids is 2. The first kappa shape index (κ1) is 19.2. The summed E-state index contributed by atoms with van der Waals surface area (Å²) in [4.78, 5) is 24.2. The van der Waals surface area contributed by atoms with Crippen molar-refractivity contribution in [3.8, 4) is 22.9 Å². The minimum Gasteiger partial charge on any atom is -0.493 e. The second-order valence-electron chi connectivity index (χ2n) is 5.22. The van der Waals surface area contributed by atoms with Crippen molar-refractivity contribution in [2.45, 2.75) is 19.9 Å². The number of benzene rings is 1. The number of amides is 1. The van der Waals surface area contributed by atoms with Gasteiger partial charge in [-0.2, -0.15) is 4.80 Å². The number of aromatic nitrogens is 4. The predicted molar refractivity (Wildman–Crippen MR) is 90.6 cm³/mol. The zero-order valence-corrected chi connectivity index (χ0v) is 14.9. The molecule has 0 aliphatic rings. The number of carbonyl (C=O) groups is 2. The Hall–Kier alpha value is -3.17. The first-order valence-electron chi connectivity index (χ1n) is 8.00. The molecule has 0 aliphatic heterocycles. The number of tetrazole rings is 1. The Morgan fingerprint density at radius 1 is 1.19 bits per heavy atom. The van der Waals surface area contributed by atoms with Crippen LogP contribution in [0.4, 0.5) is 0 Å². The largest absolute Gasteiger partial charge is 0.493 e. The highest BCUT2D eigenvalue weighted by molar-refractivity contribution is 5.80. The summed E-state index contributed by atoms with van der Waals surface area (Å²) in [7, 11) is 3.07. The molecule has 0 saturated carbocycles. The molecule has 2 aromatic rings. The van der Waals surface area contributed by atoms with Gasteiger partial charge in [-0.3, -0.25) is 4.79 Å². The minimum absolute atomic E-state index is 0.249. The molecule has 1 heterocycles. The van der Waals surface area contributed by atoms with Crippen molar-refractivity contribution in [3.63, 3.8) is 0 Å². The van der Waals surface area contributed by atoms with Gasteiger partial charge < -0.3 is 19.5 Å². The number of nitrogens with zero attached hydrogens (tertiary/aromatic N) is 4. The Labute approximate surface area is 150 Å². The zero-order chi connectivity index (χ0) is 18.9. The zero-order valence-electron chi connectivity index (χ0n) is 14.9. The van der Waals surface area contributed by atoms with Crippen molar-refractivity contribution in [2.24, 2.45) is 0 Å². The quantitative estimate of drug-likeness (QED) is 0.637. The van der Waals surface area contributed by atoms with Gasteiger partial charge in [-0.25, -0.2) is 4.79 Å². The highest BCUT2D eigenvalue weighted by Gasteiger charge is 2.13. The number of hydrogen-bond acceptors (Lipinski definition) is 8. The maximum Gasteiger partial charge on any atom is 0.330 e. The smallest absolute Gasteiger partial charge is 0.330 e. The number of esters is 1. The lowest BCUT2D eigenvalue weighted by Gasteiger charge is -2.07.